The van der Waals surface area contributed by atoms with Crippen molar-refractivity contribution >= 4 is 16.4 Å². The number of allylic oxidation sites excluding steroid dienone is 2. The maximum absolute atomic E-state index is 14.6. The minimum Gasteiger partial charge on any atom is -0.432 e. The van der Waals surface area contributed by atoms with Crippen molar-refractivity contribution < 1.29 is 81.7 Å². The van der Waals surface area contributed by atoms with Crippen molar-refractivity contribution in [2.45, 2.75) is 180 Å². The van der Waals surface area contributed by atoms with Gasteiger partial charge in [0.25, 0.3) is 0 Å². The number of esters is 1. The second kappa shape index (κ2) is 15.7. The lowest BCUT2D eigenvalue weighted by atomic mass is 9.33. The third-order valence-corrected chi connectivity index (χ3v) is 17.9. The van der Waals surface area contributed by atoms with Crippen molar-refractivity contribution in [3.05, 3.63) is 11.6 Å². The number of rotatable bonds is 8. The number of hydrogen-bond donors (Lipinski definition) is 9. The van der Waals surface area contributed by atoms with Gasteiger partial charge in [-0.1, -0.05) is 60.1 Å². The SMILES string of the molecule is CC1(C)CC[C@@]2(C(=O)O[C@@H]3O[C@H](CO)[C@@H](O)[C@H](O)[C@H]3O)C(C1)C1=CCC3[C@@]4(C)CC[C@H](O[C@@H]5O[C@H](CO)[C@@H](O)[C@H](O)[C@H]5OS(=O)(=O)O)C(C)(C)C4CC[C@@]3(C)[C@]1(C)C[C@H]2O. The van der Waals surface area contributed by atoms with E-state index in [1.807, 2.05) is 0 Å². The van der Waals surface area contributed by atoms with Gasteiger partial charge in [-0.05, 0) is 103 Å². The van der Waals surface area contributed by atoms with Gasteiger partial charge in [-0.2, -0.15) is 8.42 Å². The van der Waals surface area contributed by atoms with Gasteiger partial charge in [0.15, 0.2) is 12.4 Å². The Labute approximate surface area is 352 Å². The standard InChI is InChI=1S/C42H68O17S/c1-37(2)14-15-42(36(51)58-34-32(50)30(48)28(46)22(18-43)55-34)21(16-37)20-8-9-25-39(5)12-11-27(38(3,4)24(39)10-13-40(25,6)41(20,7)17-26(42)45)57-35-33(59-60(52,53)54)31(49)29(47)23(19-44)56-35/h8,21-35,43-50H,9-19H2,1-7H3,(H,52,53,54)/t21?,22-,23-,24?,25?,26-,27+,28-,29-,30+,31+,32-,33-,34+,35+,39+,40-,41-,42-/m1/s1. The molecule has 60 heavy (non-hydrogen) atoms. The molecule has 7 aliphatic rings. The average Bonchev–Trinajstić information content (AvgIpc) is 3.15. The number of aliphatic hydroxyl groups excluding tert-OH is 8. The van der Waals surface area contributed by atoms with E-state index >= 15 is 0 Å². The summed E-state index contributed by atoms with van der Waals surface area (Å²) in [5.41, 5.74) is -2.13. The fraction of sp³-hybridized carbons (Fsp3) is 0.929. The van der Waals surface area contributed by atoms with Crippen LogP contribution in [0.2, 0.25) is 0 Å². The monoisotopic (exact) mass is 876 g/mol. The molecular weight excluding hydrogens is 809 g/mol. The molecule has 2 aliphatic heterocycles. The number of fused-ring (bicyclic) bond motifs is 7. The van der Waals surface area contributed by atoms with Crippen molar-refractivity contribution in [3.8, 4) is 0 Å². The molecule has 0 bridgehead atoms. The lowest BCUT2D eigenvalue weighted by molar-refractivity contribution is -0.326. The quantitative estimate of drug-likeness (QED) is 0.0715. The Kier molecular flexibility index (Phi) is 12.2. The molecule has 2 heterocycles. The van der Waals surface area contributed by atoms with Crippen molar-refractivity contribution in [2.24, 2.45) is 50.2 Å². The van der Waals surface area contributed by atoms with Crippen LogP contribution >= 0.6 is 0 Å². The summed E-state index contributed by atoms with van der Waals surface area (Å²) in [6.45, 7) is 14.0. The molecule has 2 saturated heterocycles. The summed E-state index contributed by atoms with van der Waals surface area (Å²) in [6.07, 6.45) is -10.4. The highest BCUT2D eigenvalue weighted by atomic mass is 32.3. The van der Waals surface area contributed by atoms with E-state index in [-0.39, 0.29) is 34.5 Å². The topological polar surface area (TPSA) is 279 Å². The third-order valence-electron chi connectivity index (χ3n) is 17.4. The number of carbonyl (C=O) groups is 1. The Balaban J connectivity index is 1.18. The first-order chi connectivity index (χ1) is 27.7. The molecule has 0 aromatic heterocycles. The summed E-state index contributed by atoms with van der Waals surface area (Å²) in [5.74, 6) is -0.957. The van der Waals surface area contributed by atoms with E-state index in [0.29, 0.717) is 38.5 Å². The lowest BCUT2D eigenvalue weighted by Crippen LogP contribution is -2.68. The number of ether oxygens (including phenoxy) is 4. The van der Waals surface area contributed by atoms with Crippen LogP contribution < -0.4 is 0 Å². The summed E-state index contributed by atoms with van der Waals surface area (Å²) >= 11 is 0. The number of aliphatic hydroxyl groups is 8. The normalized spacial score (nSPS) is 51.2. The summed E-state index contributed by atoms with van der Waals surface area (Å²) in [6, 6.07) is 0. The molecule has 0 aromatic rings. The molecule has 19 atom stereocenters. The van der Waals surface area contributed by atoms with E-state index in [2.05, 4.69) is 54.5 Å². The van der Waals surface area contributed by atoms with E-state index in [0.717, 1.165) is 18.4 Å². The Bertz CT molecular complexity index is 1770. The minimum absolute atomic E-state index is 0.0730. The fourth-order valence-corrected chi connectivity index (χ4v) is 14.4. The van der Waals surface area contributed by atoms with Crippen molar-refractivity contribution in [2.75, 3.05) is 13.2 Å². The zero-order valence-electron chi connectivity index (χ0n) is 35.7. The van der Waals surface area contributed by atoms with Gasteiger partial charge >= 0.3 is 16.4 Å². The van der Waals surface area contributed by atoms with E-state index in [4.69, 9.17) is 23.1 Å². The molecule has 3 unspecified atom stereocenters. The first-order valence-electron chi connectivity index (χ1n) is 21.6. The molecule has 17 nitrogen and oxygen atoms in total. The lowest BCUT2D eigenvalue weighted by Gasteiger charge is -2.71. The first kappa shape index (κ1) is 46.6. The molecule has 344 valence electrons. The molecular formula is C42H68O17S. The van der Waals surface area contributed by atoms with E-state index in [1.165, 1.54) is 0 Å². The number of carbonyl (C=O) groups excluding carboxylic acids is 1. The van der Waals surface area contributed by atoms with Crippen LogP contribution in [0.25, 0.3) is 0 Å². The summed E-state index contributed by atoms with van der Waals surface area (Å²) < 4.78 is 61.6. The number of hydrogen-bond acceptors (Lipinski definition) is 16. The fourth-order valence-electron chi connectivity index (χ4n) is 13.9. The van der Waals surface area contributed by atoms with Crippen molar-refractivity contribution in [1.29, 1.82) is 0 Å². The first-order valence-corrected chi connectivity index (χ1v) is 22.9. The van der Waals surface area contributed by atoms with Crippen molar-refractivity contribution in [3.63, 3.8) is 0 Å². The zero-order valence-corrected chi connectivity index (χ0v) is 36.5. The van der Waals surface area contributed by atoms with Crippen LogP contribution in [-0.2, 0) is 38.3 Å². The molecule has 18 heteroatoms. The van der Waals surface area contributed by atoms with Gasteiger partial charge in [0.2, 0.25) is 6.29 Å². The zero-order chi connectivity index (χ0) is 44.3. The second-order valence-corrected chi connectivity index (χ2v) is 22.3. The van der Waals surface area contributed by atoms with Crippen LogP contribution in [0.4, 0.5) is 0 Å². The van der Waals surface area contributed by atoms with Gasteiger partial charge < -0.3 is 59.8 Å². The molecule has 9 N–H and O–H groups in total. The largest absolute Gasteiger partial charge is 0.432 e. The van der Waals surface area contributed by atoms with Gasteiger partial charge in [0.1, 0.15) is 48.1 Å². The van der Waals surface area contributed by atoms with Crippen LogP contribution in [0.1, 0.15) is 106 Å². The maximum Gasteiger partial charge on any atom is 0.397 e. The molecule has 4 saturated carbocycles. The van der Waals surface area contributed by atoms with Crippen LogP contribution in [-0.4, -0.2) is 147 Å². The Morgan fingerprint density at radius 2 is 1.38 bits per heavy atom. The average molecular weight is 877 g/mol. The van der Waals surface area contributed by atoms with Crippen molar-refractivity contribution in [1.82, 2.24) is 0 Å². The molecule has 0 spiro atoms. The molecule has 0 aromatic carbocycles. The Morgan fingerprint density at radius 3 is 2.00 bits per heavy atom. The predicted octanol–water partition coefficient (Wildman–Crippen LogP) is 1.11. The van der Waals surface area contributed by atoms with Gasteiger partial charge in [0, 0.05) is 0 Å². The maximum atomic E-state index is 14.6. The van der Waals surface area contributed by atoms with Crippen LogP contribution in [0, 0.1) is 50.2 Å². The Hall–Kier alpha value is -1.36. The predicted molar refractivity (Wildman–Crippen MR) is 209 cm³/mol. The summed E-state index contributed by atoms with van der Waals surface area (Å²) in [5, 5.41) is 85.1. The van der Waals surface area contributed by atoms with Gasteiger partial charge in [-0.15, -0.1) is 0 Å². The molecule has 5 aliphatic carbocycles. The third kappa shape index (κ3) is 7.15. The minimum atomic E-state index is -5.10. The Morgan fingerprint density at radius 1 is 0.767 bits per heavy atom. The summed E-state index contributed by atoms with van der Waals surface area (Å²) in [4.78, 5) is 14.6. The smallest absolute Gasteiger partial charge is 0.397 e. The summed E-state index contributed by atoms with van der Waals surface area (Å²) in [7, 11) is -5.10. The van der Waals surface area contributed by atoms with Crippen LogP contribution in [0.5, 0.6) is 0 Å². The van der Waals surface area contributed by atoms with E-state index in [9.17, 15) is 58.6 Å². The van der Waals surface area contributed by atoms with Gasteiger partial charge in [-0.25, -0.2) is 4.18 Å². The van der Waals surface area contributed by atoms with Gasteiger partial charge in [0.05, 0.1) is 25.4 Å². The highest BCUT2D eigenvalue weighted by molar-refractivity contribution is 7.80. The van der Waals surface area contributed by atoms with Gasteiger partial charge in [-0.3, -0.25) is 9.35 Å². The van der Waals surface area contributed by atoms with E-state index < -0.39 is 125 Å². The van der Waals surface area contributed by atoms with Crippen LogP contribution in [0.3, 0.4) is 0 Å². The molecule has 7 rings (SSSR count). The second-order valence-electron chi connectivity index (χ2n) is 21.3. The molecule has 0 radical (unpaired) electrons. The molecule has 0 amide bonds. The van der Waals surface area contributed by atoms with E-state index in [1.54, 1.807) is 0 Å². The molecule has 6 fully saturated rings. The highest BCUT2D eigenvalue weighted by Gasteiger charge is 2.72. The highest BCUT2D eigenvalue weighted by Crippen LogP contribution is 2.76. The van der Waals surface area contributed by atoms with Crippen LogP contribution in [0.15, 0.2) is 11.6 Å².